The largest absolute Gasteiger partial charge is 0.493 e. The maximum atomic E-state index is 13.2. The van der Waals surface area contributed by atoms with Crippen LogP contribution in [0.4, 0.5) is 0 Å². The number of hydrogen-bond donors (Lipinski definition) is 2. The molecule has 0 spiro atoms. The molecule has 3 aromatic carbocycles. The van der Waals surface area contributed by atoms with Gasteiger partial charge in [-0.3, -0.25) is 4.79 Å². The normalized spacial score (nSPS) is 11.7. The third-order valence-corrected chi connectivity index (χ3v) is 5.92. The SMILES string of the molecule is COc1cccc(OC)c1OCC(O)CNC(=O)c1cc(-c2ccc(C)cc2C)nc2ccccc12. The summed E-state index contributed by atoms with van der Waals surface area (Å²) in [4.78, 5) is 18.0. The van der Waals surface area contributed by atoms with Crippen LogP contribution in [0.15, 0.2) is 66.7 Å². The molecule has 0 bridgehead atoms. The van der Waals surface area contributed by atoms with Crippen LogP contribution in [0, 0.1) is 13.8 Å². The number of ether oxygens (including phenoxy) is 3. The molecule has 1 heterocycles. The molecule has 7 heteroatoms. The number of amides is 1. The zero-order valence-electron chi connectivity index (χ0n) is 20.9. The minimum Gasteiger partial charge on any atom is -0.493 e. The molecule has 7 nitrogen and oxygen atoms in total. The summed E-state index contributed by atoms with van der Waals surface area (Å²) in [7, 11) is 3.06. The Kier molecular flexibility index (Phi) is 7.71. The Labute approximate surface area is 210 Å². The van der Waals surface area contributed by atoms with E-state index in [4.69, 9.17) is 19.2 Å². The number of aryl methyl sites for hydroxylation is 2. The first-order valence-corrected chi connectivity index (χ1v) is 11.7. The molecular formula is C29H30N2O5. The number of benzene rings is 3. The summed E-state index contributed by atoms with van der Waals surface area (Å²) in [6.07, 6.45) is -0.949. The molecule has 1 amide bonds. The van der Waals surface area contributed by atoms with Crippen LogP contribution in [0.2, 0.25) is 0 Å². The van der Waals surface area contributed by atoms with Crippen molar-refractivity contribution in [1.82, 2.24) is 10.3 Å². The molecule has 1 aromatic heterocycles. The lowest BCUT2D eigenvalue weighted by atomic mass is 9.99. The number of nitrogens with one attached hydrogen (secondary N) is 1. The molecule has 1 atom stereocenters. The summed E-state index contributed by atoms with van der Waals surface area (Å²) >= 11 is 0. The number of aromatic nitrogens is 1. The highest BCUT2D eigenvalue weighted by Gasteiger charge is 2.18. The fraction of sp³-hybridized carbons (Fsp3) is 0.241. The number of pyridine rings is 1. The highest BCUT2D eigenvalue weighted by molar-refractivity contribution is 6.07. The molecule has 4 rings (SSSR count). The van der Waals surface area contributed by atoms with Crippen molar-refractivity contribution in [2.24, 2.45) is 0 Å². The van der Waals surface area contributed by atoms with E-state index in [9.17, 15) is 9.90 Å². The van der Waals surface area contributed by atoms with Crippen molar-refractivity contribution in [1.29, 1.82) is 0 Å². The van der Waals surface area contributed by atoms with E-state index in [2.05, 4.69) is 11.4 Å². The number of fused-ring (bicyclic) bond motifs is 1. The van der Waals surface area contributed by atoms with Gasteiger partial charge in [0, 0.05) is 17.5 Å². The van der Waals surface area contributed by atoms with Gasteiger partial charge in [-0.2, -0.15) is 0 Å². The summed E-state index contributed by atoms with van der Waals surface area (Å²) in [5, 5.41) is 14.1. The molecule has 0 aliphatic heterocycles. The lowest BCUT2D eigenvalue weighted by Crippen LogP contribution is -2.35. The Morgan fingerprint density at radius 1 is 0.972 bits per heavy atom. The van der Waals surface area contributed by atoms with Gasteiger partial charge in [0.25, 0.3) is 5.91 Å². The van der Waals surface area contributed by atoms with E-state index in [0.29, 0.717) is 22.8 Å². The van der Waals surface area contributed by atoms with Crippen molar-refractivity contribution < 1.29 is 24.1 Å². The van der Waals surface area contributed by atoms with E-state index < -0.39 is 6.10 Å². The molecule has 186 valence electrons. The first-order valence-electron chi connectivity index (χ1n) is 11.7. The first-order chi connectivity index (χ1) is 17.4. The van der Waals surface area contributed by atoms with Gasteiger partial charge >= 0.3 is 0 Å². The second kappa shape index (κ2) is 11.1. The monoisotopic (exact) mass is 486 g/mol. The Morgan fingerprint density at radius 2 is 1.69 bits per heavy atom. The van der Waals surface area contributed by atoms with Crippen LogP contribution in [0.3, 0.4) is 0 Å². The summed E-state index contributed by atoms with van der Waals surface area (Å²) in [5.74, 6) is 1.08. The van der Waals surface area contributed by atoms with Crippen molar-refractivity contribution in [3.05, 3.63) is 83.4 Å². The maximum Gasteiger partial charge on any atom is 0.252 e. The van der Waals surface area contributed by atoms with Crippen molar-refractivity contribution in [2.45, 2.75) is 20.0 Å². The molecule has 0 saturated heterocycles. The van der Waals surface area contributed by atoms with Gasteiger partial charge in [0.2, 0.25) is 5.75 Å². The predicted molar refractivity (Wildman–Crippen MR) is 140 cm³/mol. The summed E-state index contributed by atoms with van der Waals surface area (Å²) in [6.45, 7) is 4.03. The molecule has 0 fully saturated rings. The predicted octanol–water partition coefficient (Wildman–Crippen LogP) is 4.71. The summed E-state index contributed by atoms with van der Waals surface area (Å²) < 4.78 is 16.4. The smallest absolute Gasteiger partial charge is 0.252 e. The number of carbonyl (C=O) groups is 1. The average Bonchev–Trinajstić information content (AvgIpc) is 2.89. The Bertz CT molecular complexity index is 1360. The number of para-hydroxylation sites is 2. The van der Waals surface area contributed by atoms with Crippen LogP contribution < -0.4 is 19.5 Å². The maximum absolute atomic E-state index is 13.2. The number of hydrogen-bond acceptors (Lipinski definition) is 6. The van der Waals surface area contributed by atoms with E-state index in [0.717, 1.165) is 33.3 Å². The lowest BCUT2D eigenvalue weighted by molar-refractivity contribution is 0.0835. The molecule has 0 aliphatic rings. The van der Waals surface area contributed by atoms with Crippen LogP contribution in [0.1, 0.15) is 21.5 Å². The zero-order chi connectivity index (χ0) is 25.7. The fourth-order valence-corrected chi connectivity index (χ4v) is 4.11. The van der Waals surface area contributed by atoms with E-state index in [-0.39, 0.29) is 19.1 Å². The minimum atomic E-state index is -0.949. The van der Waals surface area contributed by atoms with Gasteiger partial charge in [0.1, 0.15) is 12.7 Å². The van der Waals surface area contributed by atoms with E-state index in [1.165, 1.54) is 14.2 Å². The van der Waals surface area contributed by atoms with Crippen molar-refractivity contribution >= 4 is 16.8 Å². The number of rotatable bonds is 9. The van der Waals surface area contributed by atoms with Crippen molar-refractivity contribution in [3.63, 3.8) is 0 Å². The third-order valence-electron chi connectivity index (χ3n) is 5.92. The number of aliphatic hydroxyl groups is 1. The third kappa shape index (κ3) is 5.42. The standard InChI is InChI=1S/C29H30N2O5/c1-18-12-13-21(19(2)14-18)25-15-23(22-8-5-6-9-24(22)31-25)29(33)30-16-20(32)17-36-28-26(34-3)10-7-11-27(28)35-4/h5-15,20,32H,16-17H2,1-4H3,(H,30,33). The highest BCUT2D eigenvalue weighted by atomic mass is 16.5. The number of methoxy groups -OCH3 is 2. The van der Waals surface area contributed by atoms with Gasteiger partial charge in [-0.05, 0) is 43.7 Å². The van der Waals surface area contributed by atoms with Crippen LogP contribution in [-0.2, 0) is 0 Å². The second-order valence-corrected chi connectivity index (χ2v) is 8.56. The molecule has 1 unspecified atom stereocenters. The molecule has 0 radical (unpaired) electrons. The number of aliphatic hydroxyl groups excluding tert-OH is 1. The quantitative estimate of drug-likeness (QED) is 0.356. The Hall–Kier alpha value is -4.10. The van der Waals surface area contributed by atoms with Gasteiger partial charge in [-0.15, -0.1) is 0 Å². The van der Waals surface area contributed by atoms with Gasteiger partial charge < -0.3 is 24.6 Å². The van der Waals surface area contributed by atoms with E-state index in [1.807, 2.05) is 50.2 Å². The lowest BCUT2D eigenvalue weighted by Gasteiger charge is -2.17. The average molecular weight is 487 g/mol. The molecular weight excluding hydrogens is 456 g/mol. The molecule has 0 saturated carbocycles. The fourth-order valence-electron chi connectivity index (χ4n) is 4.11. The second-order valence-electron chi connectivity index (χ2n) is 8.56. The van der Waals surface area contributed by atoms with Crippen LogP contribution >= 0.6 is 0 Å². The Balaban J connectivity index is 1.51. The minimum absolute atomic E-state index is 0.00579. The molecule has 0 aliphatic carbocycles. The molecule has 36 heavy (non-hydrogen) atoms. The van der Waals surface area contributed by atoms with Crippen LogP contribution in [0.5, 0.6) is 17.2 Å². The first kappa shape index (κ1) is 25.0. The van der Waals surface area contributed by atoms with Gasteiger partial charge in [0.15, 0.2) is 11.5 Å². The van der Waals surface area contributed by atoms with Gasteiger partial charge in [0.05, 0.1) is 31.0 Å². The van der Waals surface area contributed by atoms with Crippen molar-refractivity contribution in [2.75, 3.05) is 27.4 Å². The summed E-state index contributed by atoms with van der Waals surface area (Å²) in [6, 6.07) is 20.8. The zero-order valence-corrected chi connectivity index (χ0v) is 20.9. The van der Waals surface area contributed by atoms with Crippen molar-refractivity contribution in [3.8, 4) is 28.5 Å². The van der Waals surface area contributed by atoms with Crippen LogP contribution in [-0.4, -0.2) is 49.5 Å². The van der Waals surface area contributed by atoms with E-state index in [1.54, 1.807) is 24.3 Å². The van der Waals surface area contributed by atoms with E-state index >= 15 is 0 Å². The number of nitrogens with zero attached hydrogens (tertiary/aromatic N) is 1. The van der Waals surface area contributed by atoms with Gasteiger partial charge in [-0.25, -0.2) is 4.98 Å². The molecule has 4 aromatic rings. The topological polar surface area (TPSA) is 89.9 Å². The van der Waals surface area contributed by atoms with Crippen LogP contribution in [0.25, 0.3) is 22.2 Å². The summed E-state index contributed by atoms with van der Waals surface area (Å²) in [5.41, 5.74) is 5.17. The van der Waals surface area contributed by atoms with Gasteiger partial charge in [-0.1, -0.05) is 48.0 Å². The Morgan fingerprint density at radius 3 is 2.39 bits per heavy atom. The molecule has 2 N–H and O–H groups in total. The number of carbonyl (C=O) groups excluding carboxylic acids is 1. The highest BCUT2D eigenvalue weighted by Crippen LogP contribution is 2.36.